The molecule has 0 amide bonds. The Labute approximate surface area is 84.8 Å². The first kappa shape index (κ1) is 10.4. The van der Waals surface area contributed by atoms with Crippen LogP contribution in [0.1, 0.15) is 0 Å². The molecule has 3 N–H and O–H groups in total. The fourth-order valence-electron chi connectivity index (χ4n) is 0.767. The van der Waals surface area contributed by atoms with Crippen LogP contribution >= 0.6 is 11.6 Å². The van der Waals surface area contributed by atoms with E-state index in [1.54, 1.807) is 6.07 Å². The number of benzene rings is 1. The van der Waals surface area contributed by atoms with E-state index in [4.69, 9.17) is 17.3 Å². The van der Waals surface area contributed by atoms with Gasteiger partial charge in [-0.15, -0.1) is 0 Å². The summed E-state index contributed by atoms with van der Waals surface area (Å²) < 4.78 is 12.7. The molecule has 13 heavy (non-hydrogen) atoms. The average molecular weight is 220 g/mol. The zero-order valence-electron chi connectivity index (χ0n) is 6.97. The average Bonchev–Trinajstić information content (AvgIpc) is 2.11. The second-order valence-electron chi connectivity index (χ2n) is 2.32. The SMILES string of the molecule is C/[S+]=C(\N)Nc1ccc(F)c(Cl)c1. The third-order valence-electron chi connectivity index (χ3n) is 1.41. The summed E-state index contributed by atoms with van der Waals surface area (Å²) in [7, 11) is 0. The van der Waals surface area contributed by atoms with Gasteiger partial charge in [-0.2, -0.15) is 0 Å². The molecule has 0 aliphatic rings. The molecule has 70 valence electrons. The van der Waals surface area contributed by atoms with Gasteiger partial charge in [-0.05, 0) is 18.2 Å². The van der Waals surface area contributed by atoms with E-state index in [1.165, 1.54) is 23.5 Å². The highest BCUT2D eigenvalue weighted by Gasteiger charge is 2.04. The zero-order valence-corrected chi connectivity index (χ0v) is 8.55. The van der Waals surface area contributed by atoms with Crippen LogP contribution in [0.25, 0.3) is 0 Å². The quantitative estimate of drug-likeness (QED) is 0.557. The highest BCUT2D eigenvalue weighted by atomic mass is 35.5. The van der Waals surface area contributed by atoms with Crippen molar-refractivity contribution >= 4 is 33.8 Å². The Hall–Kier alpha value is -0.710. The minimum Gasteiger partial charge on any atom is -0.298 e. The Bertz CT molecular complexity index is 341. The summed E-state index contributed by atoms with van der Waals surface area (Å²) in [4.78, 5) is 0. The van der Waals surface area contributed by atoms with Gasteiger partial charge >= 0.3 is 5.11 Å². The summed E-state index contributed by atoms with van der Waals surface area (Å²) in [6.07, 6.45) is 1.84. The van der Waals surface area contributed by atoms with E-state index in [0.29, 0.717) is 10.8 Å². The van der Waals surface area contributed by atoms with Crippen molar-refractivity contribution in [2.75, 3.05) is 11.6 Å². The molecular weight excluding hydrogens is 211 g/mol. The molecule has 1 aromatic rings. The van der Waals surface area contributed by atoms with Crippen molar-refractivity contribution in [3.63, 3.8) is 0 Å². The van der Waals surface area contributed by atoms with Gasteiger partial charge in [-0.25, -0.2) is 10.1 Å². The minimum absolute atomic E-state index is 0.0823. The molecule has 0 atom stereocenters. The number of rotatable bonds is 1. The maximum Gasteiger partial charge on any atom is 0.342 e. The van der Waals surface area contributed by atoms with Crippen LogP contribution in [0, 0.1) is 5.82 Å². The third kappa shape index (κ3) is 2.91. The van der Waals surface area contributed by atoms with E-state index in [-0.39, 0.29) is 5.02 Å². The Balaban J connectivity index is 2.86. The van der Waals surface area contributed by atoms with Crippen LogP contribution in [0.5, 0.6) is 0 Å². The van der Waals surface area contributed by atoms with Gasteiger partial charge in [0.1, 0.15) is 5.82 Å². The molecule has 0 radical (unpaired) electrons. The topological polar surface area (TPSA) is 38.0 Å². The maximum absolute atomic E-state index is 12.7. The first-order chi connectivity index (χ1) is 6.13. The van der Waals surface area contributed by atoms with E-state index in [9.17, 15) is 4.39 Å². The minimum atomic E-state index is -0.435. The predicted octanol–water partition coefficient (Wildman–Crippen LogP) is 1.65. The highest BCUT2D eigenvalue weighted by molar-refractivity contribution is 7.78. The van der Waals surface area contributed by atoms with Crippen molar-refractivity contribution in [3.8, 4) is 0 Å². The fraction of sp³-hybridized carbons (Fsp3) is 0.125. The predicted molar refractivity (Wildman–Crippen MR) is 57.5 cm³/mol. The van der Waals surface area contributed by atoms with Crippen molar-refractivity contribution in [1.29, 1.82) is 0 Å². The van der Waals surface area contributed by atoms with Crippen LogP contribution in [0.2, 0.25) is 5.02 Å². The van der Waals surface area contributed by atoms with Crippen molar-refractivity contribution < 1.29 is 4.39 Å². The van der Waals surface area contributed by atoms with Gasteiger partial charge < -0.3 is 0 Å². The van der Waals surface area contributed by atoms with E-state index in [0.717, 1.165) is 0 Å². The number of anilines is 1. The van der Waals surface area contributed by atoms with Gasteiger partial charge in [-0.3, -0.25) is 5.32 Å². The molecule has 0 saturated carbocycles. The molecular formula is C8H9ClFN2S+. The monoisotopic (exact) mass is 219 g/mol. The van der Waals surface area contributed by atoms with Crippen LogP contribution in [0.3, 0.4) is 0 Å². The van der Waals surface area contributed by atoms with Crippen LogP contribution in [0.4, 0.5) is 10.1 Å². The first-order valence-electron chi connectivity index (χ1n) is 3.52. The molecule has 5 heteroatoms. The lowest BCUT2D eigenvalue weighted by Crippen LogP contribution is -2.22. The van der Waals surface area contributed by atoms with Gasteiger partial charge in [0.15, 0.2) is 6.26 Å². The van der Waals surface area contributed by atoms with E-state index in [2.05, 4.69) is 5.32 Å². The van der Waals surface area contributed by atoms with Crippen molar-refractivity contribution in [2.24, 2.45) is 5.73 Å². The van der Waals surface area contributed by atoms with Gasteiger partial charge in [0.25, 0.3) is 0 Å². The molecule has 2 nitrogen and oxygen atoms in total. The molecule has 0 aromatic heterocycles. The van der Waals surface area contributed by atoms with Gasteiger partial charge in [0.2, 0.25) is 11.4 Å². The Morgan fingerprint density at radius 2 is 2.31 bits per heavy atom. The molecule has 0 aliphatic carbocycles. The number of nitrogens with two attached hydrogens (primary N) is 1. The van der Waals surface area contributed by atoms with Gasteiger partial charge in [-0.1, -0.05) is 11.6 Å². The summed E-state index contributed by atoms with van der Waals surface area (Å²) in [5, 5.41) is 3.49. The molecule has 0 aliphatic heterocycles. The summed E-state index contributed by atoms with van der Waals surface area (Å²) in [5.41, 5.74) is 6.20. The second kappa shape index (κ2) is 4.50. The lowest BCUT2D eigenvalue weighted by Gasteiger charge is -2.00. The van der Waals surface area contributed by atoms with Crippen LogP contribution in [-0.4, -0.2) is 11.4 Å². The highest BCUT2D eigenvalue weighted by Crippen LogP contribution is 2.18. The van der Waals surface area contributed by atoms with E-state index < -0.39 is 5.82 Å². The van der Waals surface area contributed by atoms with Crippen molar-refractivity contribution in [3.05, 3.63) is 29.0 Å². The van der Waals surface area contributed by atoms with Crippen LogP contribution < -0.4 is 11.1 Å². The lowest BCUT2D eigenvalue weighted by atomic mass is 10.3. The molecule has 0 heterocycles. The maximum atomic E-state index is 12.7. The smallest absolute Gasteiger partial charge is 0.298 e. The number of hydrogen-bond acceptors (Lipinski definition) is 0. The van der Waals surface area contributed by atoms with Crippen molar-refractivity contribution in [2.45, 2.75) is 0 Å². The summed E-state index contributed by atoms with van der Waals surface area (Å²) >= 11 is 6.94. The number of halogens is 2. The summed E-state index contributed by atoms with van der Waals surface area (Å²) in [5.74, 6) is -0.435. The van der Waals surface area contributed by atoms with Crippen molar-refractivity contribution in [1.82, 2.24) is 0 Å². The molecule has 1 aromatic carbocycles. The first-order valence-corrected chi connectivity index (χ1v) is 5.12. The van der Waals surface area contributed by atoms with Gasteiger partial charge in [0.05, 0.1) is 5.02 Å². The van der Waals surface area contributed by atoms with E-state index >= 15 is 0 Å². The lowest BCUT2D eigenvalue weighted by molar-refractivity contribution is 0.628. The normalized spacial score (nSPS) is 11.5. The zero-order chi connectivity index (χ0) is 9.84. The largest absolute Gasteiger partial charge is 0.342 e. The number of hydrogen-bond donors (Lipinski definition) is 2. The molecule has 0 spiro atoms. The number of nitrogens with one attached hydrogen (secondary N) is 1. The van der Waals surface area contributed by atoms with Crippen LogP contribution in [0.15, 0.2) is 18.2 Å². The van der Waals surface area contributed by atoms with Crippen LogP contribution in [-0.2, 0) is 11.4 Å². The van der Waals surface area contributed by atoms with E-state index in [1.807, 2.05) is 6.26 Å². The molecule has 0 saturated heterocycles. The molecule has 1 rings (SSSR count). The van der Waals surface area contributed by atoms with Gasteiger partial charge in [0, 0.05) is 5.69 Å². The Kier molecular flexibility index (Phi) is 3.59. The molecule has 0 bridgehead atoms. The molecule has 0 fully saturated rings. The Morgan fingerprint density at radius 3 is 2.85 bits per heavy atom. The fourth-order valence-corrected chi connectivity index (χ4v) is 1.17. The third-order valence-corrected chi connectivity index (χ3v) is 2.24. The second-order valence-corrected chi connectivity index (χ2v) is 3.58. The summed E-state index contributed by atoms with van der Waals surface area (Å²) in [6, 6.07) is 4.35. The standard InChI is InChI=1S/C8H9ClFN2S/c1-13-8(11)12-5-2-3-7(10)6(9)4-5/h2-4,12H,11H2,1H3/q+1. The summed E-state index contributed by atoms with van der Waals surface area (Å²) in [6.45, 7) is 0. The molecule has 0 unspecified atom stereocenters. The Morgan fingerprint density at radius 1 is 1.62 bits per heavy atom.